The van der Waals surface area contributed by atoms with E-state index in [1.165, 1.54) is 11.1 Å². The zero-order valence-electron chi connectivity index (χ0n) is 17.8. The van der Waals surface area contributed by atoms with Crippen molar-refractivity contribution in [2.75, 3.05) is 46.3 Å². The molecular weight excluding hydrogens is 396 g/mol. The van der Waals surface area contributed by atoms with Gasteiger partial charge in [-0.25, -0.2) is 0 Å². The molecule has 162 valence electrons. The first-order chi connectivity index (χ1) is 14.2. The van der Waals surface area contributed by atoms with Crippen molar-refractivity contribution in [3.63, 3.8) is 0 Å². The second kappa shape index (κ2) is 10.9. The van der Waals surface area contributed by atoms with Crippen LogP contribution in [0.25, 0.3) is 0 Å². The van der Waals surface area contributed by atoms with Gasteiger partial charge >= 0.3 is 0 Å². The molecule has 0 aliphatic carbocycles. The van der Waals surface area contributed by atoms with Gasteiger partial charge in [-0.05, 0) is 36.7 Å². The van der Waals surface area contributed by atoms with Gasteiger partial charge in [0.25, 0.3) is 5.91 Å². The van der Waals surface area contributed by atoms with Crippen LogP contribution >= 0.6 is 12.4 Å². The SMILES string of the molecule is CN(Cc1ccccc1)Cc1cccc(C(=O)N2CCC(N3CCNCC3)C2)c1.Cl. The summed E-state index contributed by atoms with van der Waals surface area (Å²) in [6.07, 6.45) is 1.09. The van der Waals surface area contributed by atoms with Crippen LogP contribution in [-0.4, -0.2) is 73.0 Å². The highest BCUT2D eigenvalue weighted by molar-refractivity contribution is 5.94. The fraction of sp³-hybridized carbons (Fsp3) is 0.458. The van der Waals surface area contributed by atoms with Crippen LogP contribution in [0.4, 0.5) is 0 Å². The third-order valence-corrected chi connectivity index (χ3v) is 6.04. The number of carbonyl (C=O) groups is 1. The number of benzene rings is 2. The van der Waals surface area contributed by atoms with Crippen molar-refractivity contribution in [2.45, 2.75) is 25.6 Å². The Hall–Kier alpha value is -1.92. The number of piperazine rings is 1. The van der Waals surface area contributed by atoms with Gasteiger partial charge in [-0.1, -0.05) is 42.5 Å². The molecule has 5 nitrogen and oxygen atoms in total. The zero-order chi connectivity index (χ0) is 20.1. The highest BCUT2D eigenvalue weighted by Gasteiger charge is 2.31. The standard InChI is InChI=1S/C24H32N4O.ClH/c1-26(17-20-6-3-2-4-7-20)18-21-8-5-9-22(16-21)24(29)28-13-10-23(19-28)27-14-11-25-12-15-27;/h2-9,16,23,25H,10-15,17-19H2,1H3;1H. The monoisotopic (exact) mass is 428 g/mol. The molecule has 6 heteroatoms. The predicted octanol–water partition coefficient (Wildman–Crippen LogP) is 2.86. The topological polar surface area (TPSA) is 38.8 Å². The molecule has 2 saturated heterocycles. The summed E-state index contributed by atoms with van der Waals surface area (Å²) in [7, 11) is 2.13. The van der Waals surface area contributed by atoms with Crippen LogP contribution in [0, 0.1) is 0 Å². The van der Waals surface area contributed by atoms with Gasteiger partial charge in [0.1, 0.15) is 0 Å². The normalized spacial score (nSPS) is 19.7. The summed E-state index contributed by atoms with van der Waals surface area (Å²) in [5.74, 6) is 0.176. The molecule has 1 N–H and O–H groups in total. The first-order valence-corrected chi connectivity index (χ1v) is 10.7. The Morgan fingerprint density at radius 1 is 1.00 bits per heavy atom. The fourth-order valence-electron chi connectivity index (χ4n) is 4.52. The number of amides is 1. The molecule has 4 rings (SSSR count). The lowest BCUT2D eigenvalue weighted by atomic mass is 10.1. The maximum Gasteiger partial charge on any atom is 0.253 e. The van der Waals surface area contributed by atoms with Gasteiger partial charge in [-0.3, -0.25) is 14.6 Å². The number of halogens is 1. The van der Waals surface area contributed by atoms with Crippen molar-refractivity contribution in [1.82, 2.24) is 20.0 Å². The summed E-state index contributed by atoms with van der Waals surface area (Å²) in [4.78, 5) is 20.0. The number of likely N-dealkylation sites (tertiary alicyclic amines) is 1. The van der Waals surface area contributed by atoms with Crippen molar-refractivity contribution in [1.29, 1.82) is 0 Å². The molecule has 0 saturated carbocycles. The summed E-state index contributed by atoms with van der Waals surface area (Å²) in [5, 5.41) is 3.41. The van der Waals surface area contributed by atoms with E-state index in [1.54, 1.807) is 0 Å². The van der Waals surface area contributed by atoms with Crippen molar-refractivity contribution in [3.05, 3.63) is 71.3 Å². The molecule has 2 aromatic rings. The minimum atomic E-state index is 0. The van der Waals surface area contributed by atoms with Gasteiger partial charge < -0.3 is 10.2 Å². The van der Waals surface area contributed by atoms with Crippen LogP contribution in [0.15, 0.2) is 54.6 Å². The van der Waals surface area contributed by atoms with E-state index in [0.717, 1.165) is 64.3 Å². The molecule has 2 aliphatic heterocycles. The van der Waals surface area contributed by atoms with Gasteiger partial charge in [0.2, 0.25) is 0 Å². The minimum absolute atomic E-state index is 0. The number of nitrogens with zero attached hydrogens (tertiary/aromatic N) is 3. The minimum Gasteiger partial charge on any atom is -0.337 e. The Bertz CT molecular complexity index is 810. The second-order valence-electron chi connectivity index (χ2n) is 8.34. The van der Waals surface area contributed by atoms with Crippen LogP contribution in [0.3, 0.4) is 0 Å². The van der Waals surface area contributed by atoms with E-state index >= 15 is 0 Å². The second-order valence-corrected chi connectivity index (χ2v) is 8.34. The Kier molecular flexibility index (Phi) is 8.28. The van der Waals surface area contributed by atoms with Gasteiger partial charge in [0, 0.05) is 64.0 Å². The van der Waals surface area contributed by atoms with Crippen molar-refractivity contribution in [2.24, 2.45) is 0 Å². The van der Waals surface area contributed by atoms with E-state index in [1.807, 2.05) is 23.1 Å². The third-order valence-electron chi connectivity index (χ3n) is 6.04. The van der Waals surface area contributed by atoms with Crippen LogP contribution in [0.5, 0.6) is 0 Å². The highest BCUT2D eigenvalue weighted by Crippen LogP contribution is 2.19. The summed E-state index contributed by atoms with van der Waals surface area (Å²) in [6, 6.07) is 19.2. The van der Waals surface area contributed by atoms with Gasteiger partial charge in [0.05, 0.1) is 0 Å². The summed E-state index contributed by atoms with van der Waals surface area (Å²) in [6.45, 7) is 7.76. The Balaban J connectivity index is 0.00000256. The molecule has 0 radical (unpaired) electrons. The maximum atomic E-state index is 13.1. The number of nitrogens with one attached hydrogen (secondary N) is 1. The molecule has 2 aliphatic rings. The molecule has 1 atom stereocenters. The van der Waals surface area contributed by atoms with Gasteiger partial charge in [-0.15, -0.1) is 12.4 Å². The van der Waals surface area contributed by atoms with E-state index in [0.29, 0.717) is 6.04 Å². The number of rotatable bonds is 6. The van der Waals surface area contributed by atoms with E-state index in [9.17, 15) is 4.79 Å². The highest BCUT2D eigenvalue weighted by atomic mass is 35.5. The van der Waals surface area contributed by atoms with E-state index in [-0.39, 0.29) is 18.3 Å². The molecule has 1 unspecified atom stereocenters. The summed E-state index contributed by atoms with van der Waals surface area (Å²) < 4.78 is 0. The smallest absolute Gasteiger partial charge is 0.253 e. The molecule has 2 heterocycles. The lowest BCUT2D eigenvalue weighted by molar-refractivity contribution is 0.0773. The Morgan fingerprint density at radius 3 is 2.47 bits per heavy atom. The fourth-order valence-corrected chi connectivity index (χ4v) is 4.52. The lowest BCUT2D eigenvalue weighted by Gasteiger charge is -2.32. The van der Waals surface area contributed by atoms with Gasteiger partial charge in [0.15, 0.2) is 0 Å². The Morgan fingerprint density at radius 2 is 1.70 bits per heavy atom. The first-order valence-electron chi connectivity index (χ1n) is 10.7. The quantitative estimate of drug-likeness (QED) is 0.767. The molecule has 2 fully saturated rings. The molecule has 0 aromatic heterocycles. The molecule has 1 amide bonds. The molecule has 30 heavy (non-hydrogen) atoms. The molecule has 0 spiro atoms. The predicted molar refractivity (Wildman–Crippen MR) is 124 cm³/mol. The molecule has 2 aromatic carbocycles. The number of hydrogen-bond acceptors (Lipinski definition) is 4. The zero-order valence-corrected chi connectivity index (χ0v) is 18.6. The van der Waals surface area contributed by atoms with Crippen molar-refractivity contribution < 1.29 is 4.79 Å². The maximum absolute atomic E-state index is 13.1. The average Bonchev–Trinajstić information content (AvgIpc) is 3.25. The summed E-state index contributed by atoms with van der Waals surface area (Å²) >= 11 is 0. The third kappa shape index (κ3) is 5.82. The van der Waals surface area contributed by atoms with Crippen molar-refractivity contribution >= 4 is 18.3 Å². The summed E-state index contributed by atoms with van der Waals surface area (Å²) in [5.41, 5.74) is 3.31. The molecule has 0 bridgehead atoms. The van der Waals surface area contributed by atoms with Crippen molar-refractivity contribution in [3.8, 4) is 0 Å². The van der Waals surface area contributed by atoms with Crippen LogP contribution in [-0.2, 0) is 13.1 Å². The van der Waals surface area contributed by atoms with Crippen LogP contribution < -0.4 is 5.32 Å². The van der Waals surface area contributed by atoms with Crippen LogP contribution in [0.2, 0.25) is 0 Å². The number of carbonyl (C=O) groups excluding carboxylic acids is 1. The largest absolute Gasteiger partial charge is 0.337 e. The van der Waals surface area contributed by atoms with Gasteiger partial charge in [-0.2, -0.15) is 0 Å². The lowest BCUT2D eigenvalue weighted by Crippen LogP contribution is -2.49. The Labute approximate surface area is 186 Å². The van der Waals surface area contributed by atoms with E-state index in [4.69, 9.17) is 0 Å². The number of hydrogen-bond donors (Lipinski definition) is 1. The van der Waals surface area contributed by atoms with E-state index < -0.39 is 0 Å². The van der Waals surface area contributed by atoms with E-state index in [2.05, 4.69) is 58.6 Å². The first kappa shape index (κ1) is 22.8. The average molecular weight is 429 g/mol. The molecular formula is C24H33ClN4O. The van der Waals surface area contributed by atoms with Crippen LogP contribution in [0.1, 0.15) is 27.9 Å².